The minimum absolute atomic E-state index is 0.0694. The van der Waals surface area contributed by atoms with Crippen LogP contribution in [0.15, 0.2) is 60.9 Å². The number of aryl methyl sites for hydroxylation is 3. The van der Waals surface area contributed by atoms with Crippen molar-refractivity contribution in [1.29, 1.82) is 0 Å². The lowest BCUT2D eigenvalue weighted by atomic mass is 10.1. The van der Waals surface area contributed by atoms with E-state index in [2.05, 4.69) is 9.97 Å². The van der Waals surface area contributed by atoms with Gasteiger partial charge in [-0.15, -0.1) is 0 Å². The average molecular weight is 472 g/mol. The Morgan fingerprint density at radius 1 is 0.848 bits per heavy atom. The minimum Gasteiger partial charge on any atom is -0.508 e. The molecule has 2 aromatic carbocycles. The number of aromatic hydroxyl groups is 1. The average Bonchev–Trinajstić information content (AvgIpc) is 2.75. The second kappa shape index (κ2) is 12.4. The Bertz CT molecular complexity index is 1030. The maximum Gasteiger partial charge on any atom is 0.215 e. The van der Waals surface area contributed by atoms with Crippen molar-refractivity contribution in [2.45, 2.75) is 53.3 Å². The van der Waals surface area contributed by atoms with Gasteiger partial charge in [0, 0.05) is 38.0 Å². The van der Waals surface area contributed by atoms with E-state index in [1.165, 1.54) is 4.31 Å². The molecule has 0 saturated heterocycles. The van der Waals surface area contributed by atoms with Gasteiger partial charge in [-0.25, -0.2) is 18.4 Å². The van der Waals surface area contributed by atoms with Crippen LogP contribution in [0.4, 0.5) is 0 Å². The van der Waals surface area contributed by atoms with Gasteiger partial charge in [0.25, 0.3) is 0 Å². The highest BCUT2D eigenvalue weighted by atomic mass is 32.2. The summed E-state index contributed by atoms with van der Waals surface area (Å²) in [5.41, 5.74) is 3.79. The first kappa shape index (κ1) is 26.4. The normalized spacial score (nSPS) is 11.4. The second-order valence-electron chi connectivity index (χ2n) is 8.26. The van der Waals surface area contributed by atoms with Crippen molar-refractivity contribution >= 4 is 10.0 Å². The van der Waals surface area contributed by atoms with Crippen LogP contribution in [-0.2, 0) is 29.5 Å². The van der Waals surface area contributed by atoms with E-state index in [0.717, 1.165) is 22.3 Å². The van der Waals surface area contributed by atoms with Gasteiger partial charge < -0.3 is 10.2 Å². The van der Waals surface area contributed by atoms with Crippen molar-refractivity contribution < 1.29 is 18.6 Å². The third-order valence-electron chi connectivity index (χ3n) is 4.59. The number of rotatable bonds is 8. The van der Waals surface area contributed by atoms with E-state index in [9.17, 15) is 13.5 Å². The van der Waals surface area contributed by atoms with Crippen LogP contribution in [0.5, 0.6) is 5.75 Å². The largest absolute Gasteiger partial charge is 0.508 e. The summed E-state index contributed by atoms with van der Waals surface area (Å²) in [6, 6.07) is 14.4. The second-order valence-corrected chi connectivity index (χ2v) is 10.3. The molecular formula is C25H33N3O4S. The molecule has 3 rings (SSSR count). The van der Waals surface area contributed by atoms with Gasteiger partial charge in [-0.2, -0.15) is 4.31 Å². The van der Waals surface area contributed by atoms with Crippen molar-refractivity contribution in [2.75, 3.05) is 5.75 Å². The highest BCUT2D eigenvalue weighted by Crippen LogP contribution is 2.18. The van der Waals surface area contributed by atoms with Gasteiger partial charge in [0.05, 0.1) is 5.75 Å². The summed E-state index contributed by atoms with van der Waals surface area (Å²) in [6.07, 6.45) is 3.47. The van der Waals surface area contributed by atoms with Crippen LogP contribution in [0.3, 0.4) is 0 Å². The standard InChI is InChI=1S/C22H25N3O3S.C3H8O/c1-17-3-5-19(6-4-17)15-25(16-20-7-9-21(26)10-8-20)29(27,28)12-11-22-23-13-18(2)14-24-22;1-3(2)4/h3-10,13-14,26H,11-12,15-16H2,1-2H3;3-4H,1-2H3. The van der Waals surface area contributed by atoms with Crippen LogP contribution in [0.25, 0.3) is 0 Å². The van der Waals surface area contributed by atoms with Crippen LogP contribution in [-0.4, -0.2) is 44.8 Å². The zero-order valence-corrected chi connectivity index (χ0v) is 20.5. The summed E-state index contributed by atoms with van der Waals surface area (Å²) in [6.45, 7) is 7.83. The molecule has 0 unspecified atom stereocenters. The maximum atomic E-state index is 13.1. The molecule has 0 radical (unpaired) electrons. The molecule has 0 atom stereocenters. The van der Waals surface area contributed by atoms with Crippen LogP contribution < -0.4 is 0 Å². The molecule has 0 aliphatic carbocycles. The van der Waals surface area contributed by atoms with E-state index in [0.29, 0.717) is 5.82 Å². The molecule has 0 bridgehead atoms. The SMILES string of the molecule is CC(C)O.Cc1ccc(CN(Cc2ccc(O)cc2)S(=O)(=O)CCc2ncc(C)cn2)cc1. The van der Waals surface area contributed by atoms with E-state index in [-0.39, 0.29) is 37.1 Å². The lowest BCUT2D eigenvalue weighted by Gasteiger charge is -2.22. The zero-order valence-electron chi connectivity index (χ0n) is 19.6. The number of hydrogen-bond acceptors (Lipinski definition) is 6. The lowest BCUT2D eigenvalue weighted by molar-refractivity contribution is 0.216. The third-order valence-corrected chi connectivity index (χ3v) is 6.35. The minimum atomic E-state index is -3.56. The molecule has 7 nitrogen and oxygen atoms in total. The molecule has 0 amide bonds. The highest BCUT2D eigenvalue weighted by molar-refractivity contribution is 7.89. The smallest absolute Gasteiger partial charge is 0.215 e. The molecule has 0 fully saturated rings. The Labute approximate surface area is 196 Å². The van der Waals surface area contributed by atoms with Crippen molar-refractivity contribution in [3.8, 4) is 5.75 Å². The van der Waals surface area contributed by atoms with Crippen molar-refractivity contribution in [3.63, 3.8) is 0 Å². The Balaban J connectivity index is 0.000000890. The van der Waals surface area contributed by atoms with Gasteiger partial charge in [0.15, 0.2) is 0 Å². The van der Waals surface area contributed by atoms with Gasteiger partial charge in [-0.1, -0.05) is 42.0 Å². The molecule has 0 spiro atoms. The number of aliphatic hydroxyl groups excluding tert-OH is 1. The van der Waals surface area contributed by atoms with E-state index in [1.54, 1.807) is 50.5 Å². The Hall–Kier alpha value is -2.81. The number of sulfonamides is 1. The number of phenolic OH excluding ortho intramolecular Hbond substituents is 1. The molecule has 8 heteroatoms. The fraction of sp³-hybridized carbons (Fsp3) is 0.360. The Morgan fingerprint density at radius 3 is 1.79 bits per heavy atom. The Kier molecular flexibility index (Phi) is 9.96. The van der Waals surface area contributed by atoms with Crippen molar-refractivity contribution in [2.24, 2.45) is 0 Å². The van der Waals surface area contributed by atoms with Gasteiger partial charge >= 0.3 is 0 Å². The van der Waals surface area contributed by atoms with Crippen LogP contribution in [0.1, 0.15) is 41.9 Å². The van der Waals surface area contributed by atoms with Crippen LogP contribution >= 0.6 is 0 Å². The van der Waals surface area contributed by atoms with Gasteiger partial charge in [0.2, 0.25) is 10.0 Å². The van der Waals surface area contributed by atoms with Crippen molar-refractivity contribution in [1.82, 2.24) is 14.3 Å². The predicted molar refractivity (Wildman–Crippen MR) is 130 cm³/mol. The molecule has 0 saturated carbocycles. The fourth-order valence-electron chi connectivity index (χ4n) is 2.85. The summed E-state index contributed by atoms with van der Waals surface area (Å²) >= 11 is 0. The fourth-order valence-corrected chi connectivity index (χ4v) is 4.24. The van der Waals surface area contributed by atoms with E-state index < -0.39 is 10.0 Å². The first-order valence-electron chi connectivity index (χ1n) is 10.8. The monoisotopic (exact) mass is 471 g/mol. The summed E-state index contributed by atoms with van der Waals surface area (Å²) < 4.78 is 27.7. The molecule has 3 aromatic rings. The molecule has 0 aliphatic heterocycles. The number of benzene rings is 2. The first-order chi connectivity index (χ1) is 15.5. The summed E-state index contributed by atoms with van der Waals surface area (Å²) in [5.74, 6) is 0.595. The quantitative estimate of drug-likeness (QED) is 0.518. The lowest BCUT2D eigenvalue weighted by Crippen LogP contribution is -2.33. The van der Waals surface area contributed by atoms with Gasteiger partial charge in [-0.05, 0) is 56.5 Å². The van der Waals surface area contributed by atoms with E-state index in [4.69, 9.17) is 5.11 Å². The molecule has 2 N–H and O–H groups in total. The van der Waals surface area contributed by atoms with Crippen molar-refractivity contribution in [3.05, 3.63) is 89.0 Å². The summed E-state index contributed by atoms with van der Waals surface area (Å²) in [4.78, 5) is 8.41. The predicted octanol–water partition coefficient (Wildman–Crippen LogP) is 3.76. The van der Waals surface area contributed by atoms with Gasteiger partial charge in [-0.3, -0.25) is 0 Å². The van der Waals surface area contributed by atoms with Crippen LogP contribution in [0, 0.1) is 13.8 Å². The third kappa shape index (κ3) is 9.69. The van der Waals surface area contributed by atoms with Crippen LogP contribution in [0.2, 0.25) is 0 Å². The summed E-state index contributed by atoms with van der Waals surface area (Å²) in [5, 5.41) is 17.6. The van der Waals surface area contributed by atoms with E-state index >= 15 is 0 Å². The number of phenols is 1. The molecular weight excluding hydrogens is 438 g/mol. The van der Waals surface area contributed by atoms with Gasteiger partial charge in [0.1, 0.15) is 11.6 Å². The summed E-state index contributed by atoms with van der Waals surface area (Å²) in [7, 11) is -3.56. The molecule has 1 heterocycles. The number of aliphatic hydroxyl groups is 1. The molecule has 0 aliphatic rings. The molecule has 178 valence electrons. The molecule has 33 heavy (non-hydrogen) atoms. The molecule has 1 aromatic heterocycles. The zero-order chi connectivity index (χ0) is 24.4. The highest BCUT2D eigenvalue weighted by Gasteiger charge is 2.23. The topological polar surface area (TPSA) is 104 Å². The first-order valence-corrected chi connectivity index (χ1v) is 12.4. The maximum absolute atomic E-state index is 13.1. The van der Waals surface area contributed by atoms with E-state index in [1.807, 2.05) is 38.1 Å². The number of nitrogens with zero attached hydrogens (tertiary/aromatic N) is 3. The number of hydrogen-bond donors (Lipinski definition) is 2. The Morgan fingerprint density at radius 2 is 1.30 bits per heavy atom. The number of aromatic nitrogens is 2.